The van der Waals surface area contributed by atoms with Crippen LogP contribution in [0.4, 0.5) is 13.2 Å². The average molecular weight is 245 g/mol. The zero-order chi connectivity index (χ0) is 11.9. The Hall–Kier alpha value is -0.250. The third kappa shape index (κ3) is 6.77. The van der Waals surface area contributed by atoms with Gasteiger partial charge in [-0.1, -0.05) is 39.0 Å². The monoisotopic (exact) mass is 244 g/mol. The lowest BCUT2D eigenvalue weighted by Crippen LogP contribution is -2.27. The lowest BCUT2D eigenvalue weighted by molar-refractivity contribution is -0.178. The van der Waals surface area contributed by atoms with Crippen LogP contribution in [0.5, 0.6) is 0 Å². The fraction of sp³-hybridized carbons (Fsp3) is 0.900. The summed E-state index contributed by atoms with van der Waals surface area (Å²) in [6.45, 7) is 2.03. The second kappa shape index (κ2) is 7.09. The van der Waals surface area contributed by atoms with Crippen LogP contribution in [0.3, 0.4) is 0 Å². The lowest BCUT2D eigenvalue weighted by atomic mass is 10.0. The van der Waals surface area contributed by atoms with Crippen LogP contribution in [-0.2, 0) is 4.79 Å². The fourth-order valence-corrected chi connectivity index (χ4v) is 1.59. The highest BCUT2D eigenvalue weighted by molar-refractivity contribution is 6.64. The minimum Gasteiger partial charge on any atom is -0.281 e. The molecule has 1 nitrogen and oxygen atoms in total. The molecule has 0 N–H and O–H groups in total. The molecule has 90 valence electrons. The highest BCUT2D eigenvalue weighted by Gasteiger charge is 2.43. The van der Waals surface area contributed by atoms with Crippen molar-refractivity contribution in [1.82, 2.24) is 0 Å². The first-order chi connectivity index (χ1) is 6.89. The number of carbonyl (C=O) groups excluding carboxylic acids is 1. The molecule has 0 heterocycles. The maximum atomic E-state index is 12.2. The maximum absolute atomic E-state index is 12.2. The van der Waals surface area contributed by atoms with Crippen molar-refractivity contribution in [3.63, 3.8) is 0 Å². The Kier molecular flexibility index (Phi) is 6.98. The summed E-state index contributed by atoms with van der Waals surface area (Å²) in [5, 5.41) is -1.29. The molecule has 0 bridgehead atoms. The Bertz CT molecular complexity index is 192. The normalized spacial score (nSPS) is 13.9. The number of hydrogen-bond donors (Lipinski definition) is 0. The Morgan fingerprint density at radius 2 is 1.73 bits per heavy atom. The zero-order valence-electron chi connectivity index (χ0n) is 8.74. The summed E-state index contributed by atoms with van der Waals surface area (Å²) in [5.41, 5.74) is 0. The number of alkyl halides is 3. The molecule has 0 aromatic carbocycles. The van der Waals surface area contributed by atoms with Crippen LogP contribution < -0.4 is 0 Å². The summed E-state index contributed by atoms with van der Waals surface area (Å²) < 4.78 is 36.7. The van der Waals surface area contributed by atoms with Gasteiger partial charge in [0, 0.05) is 0 Å². The van der Waals surface area contributed by atoms with Crippen LogP contribution in [0, 0.1) is 5.92 Å². The molecule has 1 atom stereocenters. The van der Waals surface area contributed by atoms with Crippen molar-refractivity contribution in [2.75, 3.05) is 0 Å². The van der Waals surface area contributed by atoms with Crippen LogP contribution in [-0.4, -0.2) is 11.4 Å². The molecule has 0 rings (SSSR count). The van der Waals surface area contributed by atoms with E-state index in [0.717, 1.165) is 25.7 Å². The van der Waals surface area contributed by atoms with Crippen molar-refractivity contribution in [2.45, 2.75) is 51.6 Å². The van der Waals surface area contributed by atoms with Crippen LogP contribution in [0.2, 0.25) is 0 Å². The molecular formula is C10H16ClF3O. The van der Waals surface area contributed by atoms with Gasteiger partial charge in [0.25, 0.3) is 0 Å². The zero-order valence-corrected chi connectivity index (χ0v) is 9.50. The second-order valence-corrected chi connectivity index (χ2v) is 3.97. The Morgan fingerprint density at radius 3 is 2.13 bits per heavy atom. The van der Waals surface area contributed by atoms with Gasteiger partial charge in [-0.15, -0.1) is 0 Å². The second-order valence-electron chi connectivity index (χ2n) is 3.60. The van der Waals surface area contributed by atoms with Gasteiger partial charge in [-0.05, 0) is 18.0 Å². The van der Waals surface area contributed by atoms with Crippen LogP contribution in [0.25, 0.3) is 0 Å². The summed E-state index contributed by atoms with van der Waals surface area (Å²) in [5.74, 6) is -1.99. The van der Waals surface area contributed by atoms with Gasteiger partial charge in [0.05, 0.1) is 0 Å². The van der Waals surface area contributed by atoms with Gasteiger partial charge in [0.15, 0.2) is 0 Å². The van der Waals surface area contributed by atoms with E-state index in [9.17, 15) is 18.0 Å². The molecule has 0 spiro atoms. The molecule has 0 amide bonds. The van der Waals surface area contributed by atoms with Crippen molar-refractivity contribution in [2.24, 2.45) is 5.92 Å². The smallest absolute Gasteiger partial charge is 0.281 e. The first kappa shape index (κ1) is 14.8. The third-order valence-corrected chi connectivity index (χ3v) is 2.53. The molecule has 0 aliphatic heterocycles. The predicted molar refractivity (Wildman–Crippen MR) is 53.8 cm³/mol. The summed E-state index contributed by atoms with van der Waals surface area (Å²) in [7, 11) is 0. The number of halogens is 4. The lowest BCUT2D eigenvalue weighted by Gasteiger charge is -2.15. The minimum absolute atomic E-state index is 0.185. The minimum atomic E-state index is -4.50. The average Bonchev–Trinajstić information content (AvgIpc) is 2.08. The molecule has 0 fully saturated rings. The highest BCUT2D eigenvalue weighted by Crippen LogP contribution is 2.32. The van der Waals surface area contributed by atoms with Gasteiger partial charge in [-0.2, -0.15) is 13.2 Å². The summed E-state index contributed by atoms with van der Waals surface area (Å²) in [6.07, 6.45) is -0.577. The molecule has 0 saturated heterocycles. The van der Waals surface area contributed by atoms with Gasteiger partial charge < -0.3 is 0 Å². The molecular weight excluding hydrogens is 229 g/mol. The molecule has 0 aromatic heterocycles. The van der Waals surface area contributed by atoms with Crippen LogP contribution in [0.1, 0.15) is 45.4 Å². The van der Waals surface area contributed by atoms with Crippen molar-refractivity contribution in [3.8, 4) is 0 Å². The maximum Gasteiger partial charge on any atom is 0.399 e. The fourth-order valence-electron chi connectivity index (χ4n) is 1.36. The Labute approximate surface area is 93.0 Å². The predicted octanol–water partition coefficient (Wildman–Crippen LogP) is 4.29. The summed E-state index contributed by atoms with van der Waals surface area (Å²) in [4.78, 5) is 10.6. The number of hydrogen-bond acceptors (Lipinski definition) is 1. The molecule has 0 aliphatic carbocycles. The van der Waals surface area contributed by atoms with Gasteiger partial charge >= 0.3 is 6.18 Å². The number of carbonyl (C=O) groups is 1. The summed E-state index contributed by atoms with van der Waals surface area (Å²) in [6, 6.07) is 0. The van der Waals surface area contributed by atoms with E-state index in [1.165, 1.54) is 0 Å². The highest BCUT2D eigenvalue weighted by atomic mass is 35.5. The van der Waals surface area contributed by atoms with E-state index in [2.05, 4.69) is 0 Å². The molecule has 15 heavy (non-hydrogen) atoms. The Balaban J connectivity index is 3.84. The number of rotatable bonds is 7. The topological polar surface area (TPSA) is 17.1 Å². The van der Waals surface area contributed by atoms with E-state index < -0.39 is 17.3 Å². The SMILES string of the molecule is CCCCCCCC(C(=O)Cl)C(F)(F)F. The first-order valence-corrected chi connectivity index (χ1v) is 5.53. The van der Waals surface area contributed by atoms with Gasteiger partial charge in [-0.25, -0.2) is 0 Å². The summed E-state index contributed by atoms with van der Waals surface area (Å²) >= 11 is 4.91. The third-order valence-electron chi connectivity index (χ3n) is 2.27. The quantitative estimate of drug-likeness (QED) is 0.482. The molecule has 0 aromatic rings. The van der Waals surface area contributed by atoms with E-state index in [1.807, 2.05) is 6.92 Å². The molecule has 1 unspecified atom stereocenters. The first-order valence-electron chi connectivity index (χ1n) is 5.15. The molecule has 0 aliphatic rings. The molecule has 0 saturated carbocycles. The van der Waals surface area contributed by atoms with Gasteiger partial charge in [0.1, 0.15) is 5.92 Å². The van der Waals surface area contributed by atoms with Crippen LogP contribution in [0.15, 0.2) is 0 Å². The van der Waals surface area contributed by atoms with E-state index in [0.29, 0.717) is 6.42 Å². The molecule has 5 heteroatoms. The van der Waals surface area contributed by atoms with Gasteiger partial charge in [-0.3, -0.25) is 4.79 Å². The van der Waals surface area contributed by atoms with E-state index in [1.54, 1.807) is 0 Å². The van der Waals surface area contributed by atoms with Crippen molar-refractivity contribution in [1.29, 1.82) is 0 Å². The number of unbranched alkanes of at least 4 members (excludes halogenated alkanes) is 4. The van der Waals surface area contributed by atoms with Crippen LogP contribution >= 0.6 is 11.6 Å². The van der Waals surface area contributed by atoms with E-state index in [4.69, 9.17) is 11.6 Å². The van der Waals surface area contributed by atoms with E-state index in [-0.39, 0.29) is 6.42 Å². The van der Waals surface area contributed by atoms with Crippen molar-refractivity contribution in [3.05, 3.63) is 0 Å². The molecule has 0 radical (unpaired) electrons. The largest absolute Gasteiger partial charge is 0.399 e. The van der Waals surface area contributed by atoms with Crippen molar-refractivity contribution >= 4 is 16.8 Å². The van der Waals surface area contributed by atoms with Crippen molar-refractivity contribution < 1.29 is 18.0 Å². The Morgan fingerprint density at radius 1 is 1.20 bits per heavy atom. The standard InChI is InChI=1S/C10H16ClF3O/c1-2-3-4-5-6-7-8(9(11)15)10(12,13)14/h8H,2-7H2,1H3. The van der Waals surface area contributed by atoms with Gasteiger partial charge in [0.2, 0.25) is 5.24 Å². The van der Waals surface area contributed by atoms with E-state index >= 15 is 0 Å².